The van der Waals surface area contributed by atoms with Crippen molar-refractivity contribution in [3.63, 3.8) is 0 Å². The number of thiazole rings is 1. The molecule has 0 aliphatic heterocycles. The van der Waals surface area contributed by atoms with Crippen molar-refractivity contribution < 1.29 is 14.6 Å². The largest absolute Gasteiger partial charge is 0.481 e. The number of aliphatic hydroxyl groups excluding tert-OH is 1. The van der Waals surface area contributed by atoms with Crippen LogP contribution in [0.2, 0.25) is 0 Å². The molecule has 2 aromatic heterocycles. The van der Waals surface area contributed by atoms with E-state index in [0.717, 1.165) is 5.56 Å². The van der Waals surface area contributed by atoms with Gasteiger partial charge in [-0.2, -0.15) is 0 Å². The fourth-order valence-corrected chi connectivity index (χ4v) is 2.22. The van der Waals surface area contributed by atoms with Crippen LogP contribution < -0.4 is 10.1 Å². The topological polar surface area (TPSA) is 84.3 Å². The van der Waals surface area contributed by atoms with Crippen molar-refractivity contribution in [2.45, 2.75) is 0 Å². The minimum absolute atomic E-state index is 0.0835. The van der Waals surface area contributed by atoms with Gasteiger partial charge in [0.05, 0.1) is 19.9 Å². The van der Waals surface area contributed by atoms with Crippen molar-refractivity contribution in [3.8, 4) is 16.5 Å². The third kappa shape index (κ3) is 3.27. The van der Waals surface area contributed by atoms with Crippen molar-refractivity contribution in [1.29, 1.82) is 0 Å². The number of ether oxygens (including phenoxy) is 1. The van der Waals surface area contributed by atoms with Gasteiger partial charge in [0.2, 0.25) is 5.88 Å². The average Bonchev–Trinajstić information content (AvgIpc) is 2.94. The number of aliphatic hydroxyl groups is 1. The summed E-state index contributed by atoms with van der Waals surface area (Å²) < 4.78 is 4.98. The van der Waals surface area contributed by atoms with Gasteiger partial charge < -0.3 is 15.2 Å². The van der Waals surface area contributed by atoms with Gasteiger partial charge in [-0.15, -0.1) is 11.3 Å². The molecule has 0 radical (unpaired) electrons. The van der Waals surface area contributed by atoms with E-state index in [1.54, 1.807) is 19.4 Å². The number of nitrogens with zero attached hydrogens (tertiary/aromatic N) is 2. The highest BCUT2D eigenvalue weighted by molar-refractivity contribution is 7.16. The van der Waals surface area contributed by atoms with Crippen LogP contribution in [0.5, 0.6) is 5.88 Å². The van der Waals surface area contributed by atoms with E-state index in [4.69, 9.17) is 9.84 Å². The minimum Gasteiger partial charge on any atom is -0.481 e. The minimum atomic E-state index is -0.237. The van der Waals surface area contributed by atoms with Crippen molar-refractivity contribution in [1.82, 2.24) is 15.3 Å². The summed E-state index contributed by atoms with van der Waals surface area (Å²) in [7, 11) is 1.55. The number of hydrogen-bond donors (Lipinski definition) is 2. The Hall–Kier alpha value is -1.99. The van der Waals surface area contributed by atoms with E-state index in [-0.39, 0.29) is 19.1 Å². The van der Waals surface area contributed by atoms with E-state index in [2.05, 4.69) is 15.3 Å². The lowest BCUT2D eigenvalue weighted by Gasteiger charge is -1.99. The van der Waals surface area contributed by atoms with Gasteiger partial charge in [0.25, 0.3) is 5.91 Å². The molecule has 0 atom stereocenters. The van der Waals surface area contributed by atoms with Gasteiger partial charge in [0, 0.05) is 24.4 Å². The predicted octanol–water partition coefficient (Wildman–Crippen LogP) is 0.936. The number of carbonyl (C=O) groups excluding carboxylic acids is 1. The molecule has 0 saturated heterocycles. The summed E-state index contributed by atoms with van der Waals surface area (Å²) in [5.41, 5.74) is 0.826. The Morgan fingerprint density at radius 2 is 2.26 bits per heavy atom. The molecular formula is C12H13N3O3S. The first kappa shape index (κ1) is 13.4. The average molecular weight is 279 g/mol. The van der Waals surface area contributed by atoms with E-state index < -0.39 is 0 Å². The summed E-state index contributed by atoms with van der Waals surface area (Å²) in [6, 6.07) is 3.57. The zero-order valence-corrected chi connectivity index (χ0v) is 11.1. The second-order valence-electron chi connectivity index (χ2n) is 3.60. The zero-order valence-electron chi connectivity index (χ0n) is 10.3. The molecule has 0 aliphatic rings. The smallest absolute Gasteiger partial charge is 0.263 e. The maximum atomic E-state index is 11.7. The summed E-state index contributed by atoms with van der Waals surface area (Å²) in [4.78, 5) is 20.4. The molecule has 2 heterocycles. The van der Waals surface area contributed by atoms with Gasteiger partial charge >= 0.3 is 0 Å². The molecule has 2 aromatic rings. The van der Waals surface area contributed by atoms with Crippen LogP contribution in [0.25, 0.3) is 10.6 Å². The lowest BCUT2D eigenvalue weighted by molar-refractivity contribution is 0.0948. The summed E-state index contributed by atoms with van der Waals surface area (Å²) in [5, 5.41) is 11.9. The monoisotopic (exact) mass is 279 g/mol. The summed E-state index contributed by atoms with van der Waals surface area (Å²) in [5.74, 6) is 0.292. The highest BCUT2D eigenvalue weighted by atomic mass is 32.1. The molecule has 0 aliphatic carbocycles. The van der Waals surface area contributed by atoms with Crippen LogP contribution in [-0.4, -0.2) is 41.2 Å². The van der Waals surface area contributed by atoms with Gasteiger partial charge in [-0.3, -0.25) is 4.79 Å². The zero-order chi connectivity index (χ0) is 13.7. The molecule has 100 valence electrons. The van der Waals surface area contributed by atoms with E-state index >= 15 is 0 Å². The first-order valence-corrected chi connectivity index (χ1v) is 6.41. The Labute approximate surface area is 114 Å². The third-order valence-electron chi connectivity index (χ3n) is 2.32. The van der Waals surface area contributed by atoms with Gasteiger partial charge in [-0.25, -0.2) is 9.97 Å². The standard InChI is InChI=1S/C12H13N3O3S/c1-18-10-3-2-8(6-14-10)12-15-7-9(19-12)11(17)13-4-5-16/h2-3,6-7,16H,4-5H2,1H3,(H,13,17). The van der Waals surface area contributed by atoms with Crippen molar-refractivity contribution in [3.05, 3.63) is 29.4 Å². The van der Waals surface area contributed by atoms with Gasteiger partial charge in [0.1, 0.15) is 9.88 Å². The number of carbonyl (C=O) groups is 1. The Morgan fingerprint density at radius 3 is 2.89 bits per heavy atom. The normalized spacial score (nSPS) is 10.2. The second kappa shape index (κ2) is 6.26. The predicted molar refractivity (Wildman–Crippen MR) is 71.3 cm³/mol. The van der Waals surface area contributed by atoms with E-state index in [9.17, 15) is 4.79 Å². The fraction of sp³-hybridized carbons (Fsp3) is 0.250. The van der Waals surface area contributed by atoms with Gasteiger partial charge in [-0.05, 0) is 6.07 Å². The Morgan fingerprint density at radius 1 is 1.42 bits per heavy atom. The maximum absolute atomic E-state index is 11.7. The number of hydrogen-bond acceptors (Lipinski definition) is 6. The fourth-order valence-electron chi connectivity index (χ4n) is 1.40. The Bertz CT molecular complexity index is 554. The number of amides is 1. The Balaban J connectivity index is 2.13. The quantitative estimate of drug-likeness (QED) is 0.850. The lowest BCUT2D eigenvalue weighted by Crippen LogP contribution is -2.25. The molecule has 7 heteroatoms. The summed E-state index contributed by atoms with van der Waals surface area (Å²) in [6.45, 7) is 0.149. The van der Waals surface area contributed by atoms with E-state index in [1.807, 2.05) is 6.07 Å². The highest BCUT2D eigenvalue weighted by Crippen LogP contribution is 2.25. The molecule has 2 N–H and O–H groups in total. The molecule has 0 fully saturated rings. The van der Waals surface area contributed by atoms with Crippen LogP contribution in [0, 0.1) is 0 Å². The molecular weight excluding hydrogens is 266 g/mol. The molecule has 0 saturated carbocycles. The third-order valence-corrected chi connectivity index (χ3v) is 3.36. The van der Waals surface area contributed by atoms with Crippen LogP contribution in [-0.2, 0) is 0 Å². The molecule has 0 spiro atoms. The molecule has 2 rings (SSSR count). The van der Waals surface area contributed by atoms with Crippen LogP contribution in [0.15, 0.2) is 24.5 Å². The molecule has 0 bridgehead atoms. The van der Waals surface area contributed by atoms with Crippen LogP contribution in [0.3, 0.4) is 0 Å². The first-order chi connectivity index (χ1) is 9.24. The summed E-state index contributed by atoms with van der Waals surface area (Å²) in [6.07, 6.45) is 3.16. The molecule has 1 amide bonds. The number of rotatable bonds is 5. The van der Waals surface area contributed by atoms with Crippen LogP contribution >= 0.6 is 11.3 Å². The van der Waals surface area contributed by atoms with Gasteiger partial charge in [-0.1, -0.05) is 0 Å². The number of pyridine rings is 1. The van der Waals surface area contributed by atoms with Crippen molar-refractivity contribution in [2.24, 2.45) is 0 Å². The molecule has 0 unspecified atom stereocenters. The lowest BCUT2D eigenvalue weighted by atomic mass is 10.3. The number of aromatic nitrogens is 2. The van der Waals surface area contributed by atoms with Gasteiger partial charge in [0.15, 0.2) is 0 Å². The number of nitrogens with one attached hydrogen (secondary N) is 1. The maximum Gasteiger partial charge on any atom is 0.263 e. The first-order valence-electron chi connectivity index (χ1n) is 5.60. The molecule has 19 heavy (non-hydrogen) atoms. The summed E-state index contributed by atoms with van der Waals surface area (Å²) >= 11 is 1.27. The highest BCUT2D eigenvalue weighted by Gasteiger charge is 2.11. The van der Waals surface area contributed by atoms with Crippen LogP contribution in [0.4, 0.5) is 0 Å². The van der Waals surface area contributed by atoms with E-state index in [0.29, 0.717) is 15.8 Å². The van der Waals surface area contributed by atoms with Crippen LogP contribution in [0.1, 0.15) is 9.67 Å². The molecule has 6 nitrogen and oxygen atoms in total. The SMILES string of the molecule is COc1ccc(-c2ncc(C(=O)NCCO)s2)cn1. The second-order valence-corrected chi connectivity index (χ2v) is 4.63. The van der Waals surface area contributed by atoms with Crippen molar-refractivity contribution in [2.75, 3.05) is 20.3 Å². The number of methoxy groups -OCH3 is 1. The van der Waals surface area contributed by atoms with E-state index in [1.165, 1.54) is 17.5 Å². The molecule has 0 aromatic carbocycles. The Kier molecular flexibility index (Phi) is 4.43. The van der Waals surface area contributed by atoms with Crippen molar-refractivity contribution >= 4 is 17.2 Å².